The van der Waals surface area contributed by atoms with Crippen LogP contribution in [0.4, 0.5) is 11.5 Å². The summed E-state index contributed by atoms with van der Waals surface area (Å²) in [6, 6.07) is 5.15. The molecule has 2 rings (SSSR count). The van der Waals surface area contributed by atoms with Gasteiger partial charge in [-0.05, 0) is 31.5 Å². The quantitative estimate of drug-likeness (QED) is 0.670. The number of ether oxygens (including phenoxy) is 1. The Kier molecular flexibility index (Phi) is 4.54. The fourth-order valence-corrected chi connectivity index (χ4v) is 1.85. The van der Waals surface area contributed by atoms with Crippen LogP contribution in [0.3, 0.4) is 0 Å². The molecule has 0 bridgehead atoms. The normalized spacial score (nSPS) is 10.2. The number of hydrogen-bond donors (Lipinski definition) is 1. The second kappa shape index (κ2) is 6.36. The van der Waals surface area contributed by atoms with Crippen LogP contribution in [0, 0.1) is 17.0 Å². The predicted molar refractivity (Wildman–Crippen MR) is 79.1 cm³/mol. The summed E-state index contributed by atoms with van der Waals surface area (Å²) in [4.78, 5) is 18.3. The van der Waals surface area contributed by atoms with E-state index in [-0.39, 0.29) is 17.4 Å². The van der Waals surface area contributed by atoms with Gasteiger partial charge in [0.05, 0.1) is 9.95 Å². The number of nitrogens with one attached hydrogen (secondary N) is 1. The molecule has 21 heavy (non-hydrogen) atoms. The maximum atomic E-state index is 11.2. The smallest absolute Gasteiger partial charge is 0.373 e. The average molecular weight is 309 g/mol. The molecule has 1 aromatic heterocycles. The van der Waals surface area contributed by atoms with Crippen LogP contribution in [0.1, 0.15) is 12.5 Å². The van der Waals surface area contributed by atoms with Crippen LogP contribution in [0.15, 0.2) is 24.5 Å². The number of aryl methyl sites for hydroxylation is 1. The molecule has 0 radical (unpaired) electrons. The van der Waals surface area contributed by atoms with Gasteiger partial charge in [-0.15, -0.1) is 0 Å². The summed E-state index contributed by atoms with van der Waals surface area (Å²) >= 11 is 6.03. The molecule has 0 atom stereocenters. The van der Waals surface area contributed by atoms with Crippen molar-refractivity contribution >= 4 is 23.1 Å². The molecule has 0 aliphatic carbocycles. The van der Waals surface area contributed by atoms with Crippen LogP contribution < -0.4 is 10.1 Å². The topological polar surface area (TPSA) is 90.2 Å². The maximum Gasteiger partial charge on any atom is 0.373 e. The first-order chi connectivity index (χ1) is 10.0. The lowest BCUT2D eigenvalue weighted by atomic mass is 10.2. The van der Waals surface area contributed by atoms with Crippen molar-refractivity contribution in [2.75, 3.05) is 11.9 Å². The van der Waals surface area contributed by atoms with Gasteiger partial charge in [-0.1, -0.05) is 17.7 Å². The van der Waals surface area contributed by atoms with E-state index in [9.17, 15) is 10.1 Å². The third-order valence-electron chi connectivity index (χ3n) is 2.61. The van der Waals surface area contributed by atoms with Crippen LogP contribution in [0.2, 0.25) is 5.02 Å². The van der Waals surface area contributed by atoms with Gasteiger partial charge in [0.2, 0.25) is 5.82 Å². The average Bonchev–Trinajstić information content (AvgIpc) is 2.43. The number of anilines is 1. The molecule has 1 heterocycles. The van der Waals surface area contributed by atoms with E-state index in [1.54, 1.807) is 12.1 Å². The maximum absolute atomic E-state index is 11.2. The van der Waals surface area contributed by atoms with E-state index in [1.807, 2.05) is 19.9 Å². The molecule has 0 aliphatic heterocycles. The van der Waals surface area contributed by atoms with Crippen molar-refractivity contribution in [3.8, 4) is 11.6 Å². The highest BCUT2D eigenvalue weighted by Crippen LogP contribution is 2.36. The zero-order valence-corrected chi connectivity index (χ0v) is 12.2. The van der Waals surface area contributed by atoms with Gasteiger partial charge in [0, 0.05) is 6.54 Å². The fourth-order valence-electron chi connectivity index (χ4n) is 1.69. The van der Waals surface area contributed by atoms with Crippen LogP contribution in [0.25, 0.3) is 0 Å². The first kappa shape index (κ1) is 15.0. The molecule has 1 N–H and O–H groups in total. The Morgan fingerprint density at radius 3 is 2.86 bits per heavy atom. The van der Waals surface area contributed by atoms with Crippen molar-refractivity contribution in [2.45, 2.75) is 13.8 Å². The first-order valence-electron chi connectivity index (χ1n) is 6.20. The van der Waals surface area contributed by atoms with Gasteiger partial charge in [0.25, 0.3) is 0 Å². The summed E-state index contributed by atoms with van der Waals surface area (Å²) in [6.07, 6.45) is 1.20. The summed E-state index contributed by atoms with van der Waals surface area (Å²) in [5.41, 5.74) is 0.593. The fraction of sp³-hybridized carbons (Fsp3) is 0.231. The number of halogens is 1. The van der Waals surface area contributed by atoms with Gasteiger partial charge >= 0.3 is 11.6 Å². The van der Waals surface area contributed by atoms with E-state index in [0.717, 1.165) is 5.56 Å². The monoisotopic (exact) mass is 308 g/mol. The molecule has 0 spiro atoms. The highest BCUT2D eigenvalue weighted by molar-refractivity contribution is 6.32. The molecule has 1 aromatic carbocycles. The van der Waals surface area contributed by atoms with Crippen LogP contribution in [-0.2, 0) is 0 Å². The highest BCUT2D eigenvalue weighted by Gasteiger charge is 2.25. The van der Waals surface area contributed by atoms with E-state index in [1.165, 1.54) is 6.33 Å². The molecular weight excluding hydrogens is 296 g/mol. The lowest BCUT2D eigenvalue weighted by molar-refractivity contribution is -0.385. The van der Waals surface area contributed by atoms with Gasteiger partial charge in [-0.2, -0.15) is 4.98 Å². The minimum Gasteiger partial charge on any atom is -0.432 e. The van der Waals surface area contributed by atoms with E-state index >= 15 is 0 Å². The second-order valence-corrected chi connectivity index (χ2v) is 4.61. The third-order valence-corrected chi connectivity index (χ3v) is 2.92. The Labute approximate surface area is 126 Å². The molecule has 8 heteroatoms. The largest absolute Gasteiger partial charge is 0.432 e. The van der Waals surface area contributed by atoms with Crippen molar-refractivity contribution < 1.29 is 9.66 Å². The number of rotatable bonds is 5. The molecule has 0 aliphatic rings. The zero-order chi connectivity index (χ0) is 15.4. The molecule has 0 saturated heterocycles. The Balaban J connectivity index is 2.46. The van der Waals surface area contributed by atoms with E-state index in [2.05, 4.69) is 15.3 Å². The number of nitro groups is 1. The van der Waals surface area contributed by atoms with Crippen LogP contribution in [-0.4, -0.2) is 21.4 Å². The second-order valence-electron chi connectivity index (χ2n) is 4.20. The molecule has 110 valence electrons. The summed E-state index contributed by atoms with van der Waals surface area (Å²) in [5.74, 6) is 0.260. The number of benzene rings is 1. The van der Waals surface area contributed by atoms with E-state index in [4.69, 9.17) is 16.3 Å². The predicted octanol–water partition coefficient (Wildman–Crippen LogP) is 3.57. The molecule has 0 unspecified atom stereocenters. The minimum absolute atomic E-state index is 0.108. The lowest BCUT2D eigenvalue weighted by Gasteiger charge is -2.09. The van der Waals surface area contributed by atoms with Gasteiger partial charge in [0.1, 0.15) is 12.1 Å². The Morgan fingerprint density at radius 2 is 2.19 bits per heavy atom. The van der Waals surface area contributed by atoms with Crippen molar-refractivity contribution in [3.05, 3.63) is 45.2 Å². The van der Waals surface area contributed by atoms with Crippen LogP contribution >= 0.6 is 11.6 Å². The SMILES string of the molecule is CCNc1ncnc(Oc2cc(C)ccc2Cl)c1[N+](=O)[O-]. The van der Waals surface area contributed by atoms with Crippen molar-refractivity contribution in [1.29, 1.82) is 0 Å². The Bertz CT molecular complexity index is 678. The van der Waals surface area contributed by atoms with Crippen molar-refractivity contribution in [3.63, 3.8) is 0 Å². The molecular formula is C13H13ClN4O3. The van der Waals surface area contributed by atoms with Gasteiger partial charge in [-0.3, -0.25) is 10.1 Å². The number of aromatic nitrogens is 2. The summed E-state index contributed by atoms with van der Waals surface area (Å²) in [7, 11) is 0. The summed E-state index contributed by atoms with van der Waals surface area (Å²) < 4.78 is 5.50. The van der Waals surface area contributed by atoms with Gasteiger partial charge in [-0.25, -0.2) is 4.98 Å². The van der Waals surface area contributed by atoms with Crippen molar-refractivity contribution in [1.82, 2.24) is 9.97 Å². The summed E-state index contributed by atoms with van der Waals surface area (Å²) in [6.45, 7) is 4.16. The molecule has 7 nitrogen and oxygen atoms in total. The summed E-state index contributed by atoms with van der Waals surface area (Å²) in [5, 5.41) is 14.4. The first-order valence-corrected chi connectivity index (χ1v) is 6.58. The standard InChI is InChI=1S/C13H13ClN4O3/c1-3-15-12-11(18(19)20)13(17-7-16-12)21-10-6-8(2)4-5-9(10)14/h4-7H,3H2,1-2H3,(H,15,16,17). The van der Waals surface area contributed by atoms with Crippen molar-refractivity contribution in [2.24, 2.45) is 0 Å². The van der Waals surface area contributed by atoms with Gasteiger partial charge < -0.3 is 10.1 Å². The molecule has 2 aromatic rings. The molecule has 0 fully saturated rings. The van der Waals surface area contributed by atoms with E-state index in [0.29, 0.717) is 17.3 Å². The zero-order valence-electron chi connectivity index (χ0n) is 11.5. The Hall–Kier alpha value is -2.41. The Morgan fingerprint density at radius 1 is 1.43 bits per heavy atom. The number of nitrogens with zero attached hydrogens (tertiary/aromatic N) is 3. The van der Waals surface area contributed by atoms with E-state index < -0.39 is 4.92 Å². The van der Waals surface area contributed by atoms with Gasteiger partial charge in [0.15, 0.2) is 0 Å². The highest BCUT2D eigenvalue weighted by atomic mass is 35.5. The number of hydrogen-bond acceptors (Lipinski definition) is 6. The lowest BCUT2D eigenvalue weighted by Crippen LogP contribution is -2.06. The van der Waals surface area contributed by atoms with Crippen LogP contribution in [0.5, 0.6) is 11.6 Å². The molecule has 0 amide bonds. The third kappa shape index (κ3) is 3.38. The minimum atomic E-state index is -0.586. The molecule has 0 saturated carbocycles.